The van der Waals surface area contributed by atoms with E-state index in [1.165, 1.54) is 18.6 Å². The minimum atomic E-state index is -0.612. The van der Waals surface area contributed by atoms with Crippen molar-refractivity contribution in [2.24, 2.45) is 29.1 Å². The molecule has 2 aromatic heterocycles. The molecule has 33 heavy (non-hydrogen) atoms. The summed E-state index contributed by atoms with van der Waals surface area (Å²) in [5, 5.41) is 17.6. The van der Waals surface area contributed by atoms with Crippen LogP contribution in [0.3, 0.4) is 0 Å². The van der Waals surface area contributed by atoms with Crippen molar-refractivity contribution in [3.8, 4) is 0 Å². The Bertz CT molecular complexity index is 951. The first-order chi connectivity index (χ1) is 15.8. The molecule has 0 aliphatic heterocycles. The Morgan fingerprint density at radius 3 is 2.79 bits per heavy atom. The van der Waals surface area contributed by atoms with E-state index in [1.807, 2.05) is 13.0 Å². The smallest absolute Gasteiger partial charge is 0.271 e. The van der Waals surface area contributed by atoms with Gasteiger partial charge in [0.2, 0.25) is 5.91 Å². The lowest BCUT2D eigenvalue weighted by Crippen LogP contribution is -2.58. The zero-order chi connectivity index (χ0) is 23.6. The van der Waals surface area contributed by atoms with Crippen molar-refractivity contribution in [3.63, 3.8) is 0 Å². The van der Waals surface area contributed by atoms with Crippen LogP contribution in [0.5, 0.6) is 0 Å². The van der Waals surface area contributed by atoms with Gasteiger partial charge in [-0.15, -0.1) is 0 Å². The molecule has 2 fully saturated rings. The maximum absolute atomic E-state index is 12.8. The Morgan fingerprint density at radius 1 is 1.30 bits per heavy atom. The minimum Gasteiger partial charge on any atom is -0.467 e. The Morgan fingerprint density at radius 2 is 2.09 bits per heavy atom. The summed E-state index contributed by atoms with van der Waals surface area (Å²) in [5.74, 6) is 0.0110. The third kappa shape index (κ3) is 4.81. The van der Waals surface area contributed by atoms with Crippen LogP contribution >= 0.6 is 0 Å². The van der Waals surface area contributed by atoms with Gasteiger partial charge in [0.25, 0.3) is 5.91 Å². The number of aromatic nitrogens is 2. The van der Waals surface area contributed by atoms with Gasteiger partial charge in [0.15, 0.2) is 0 Å². The van der Waals surface area contributed by atoms with E-state index < -0.39 is 6.10 Å². The van der Waals surface area contributed by atoms with Crippen LogP contribution in [0.15, 0.2) is 41.4 Å². The summed E-state index contributed by atoms with van der Waals surface area (Å²) in [6, 6.07) is 3.56. The number of nitrogens with one attached hydrogen (secondary N) is 2. The van der Waals surface area contributed by atoms with Crippen LogP contribution in [0.25, 0.3) is 0 Å². The SMILES string of the molecule is C[C@@H]1[C@@H]2[C@@H](O)[C@H]([C@H](C)C(=O)NCc3ccco3)CC[C@]2(C)CC[C@@H]1NC(=O)c1cnccn1. The van der Waals surface area contributed by atoms with Crippen molar-refractivity contribution in [2.75, 3.05) is 0 Å². The van der Waals surface area contributed by atoms with Gasteiger partial charge in [0.1, 0.15) is 11.5 Å². The maximum Gasteiger partial charge on any atom is 0.271 e. The van der Waals surface area contributed by atoms with Crippen LogP contribution < -0.4 is 10.6 Å². The van der Waals surface area contributed by atoms with Gasteiger partial charge in [0, 0.05) is 24.4 Å². The molecule has 2 aliphatic rings. The second kappa shape index (κ2) is 9.63. The normalized spacial score (nSPS) is 32.4. The summed E-state index contributed by atoms with van der Waals surface area (Å²) in [7, 11) is 0. The van der Waals surface area contributed by atoms with Crippen LogP contribution in [-0.4, -0.2) is 39.0 Å². The average Bonchev–Trinajstić information content (AvgIpc) is 3.33. The molecular formula is C25H34N4O4. The molecule has 178 valence electrons. The van der Waals surface area contributed by atoms with Gasteiger partial charge >= 0.3 is 0 Å². The number of rotatable bonds is 6. The highest BCUT2D eigenvalue weighted by Crippen LogP contribution is 2.55. The number of hydrogen-bond acceptors (Lipinski definition) is 6. The molecule has 7 atom stereocenters. The maximum atomic E-state index is 12.8. The first kappa shape index (κ1) is 23.4. The number of hydrogen-bond donors (Lipinski definition) is 3. The molecular weight excluding hydrogens is 420 g/mol. The molecule has 0 bridgehead atoms. The lowest BCUT2D eigenvalue weighted by molar-refractivity contribution is -0.142. The zero-order valence-electron chi connectivity index (χ0n) is 19.5. The van der Waals surface area contributed by atoms with Gasteiger partial charge in [-0.05, 0) is 61.0 Å². The summed E-state index contributed by atoms with van der Waals surface area (Å²) >= 11 is 0. The quantitative estimate of drug-likeness (QED) is 0.618. The van der Waals surface area contributed by atoms with Crippen molar-refractivity contribution >= 4 is 11.8 Å². The zero-order valence-corrected chi connectivity index (χ0v) is 19.5. The van der Waals surface area contributed by atoms with Gasteiger partial charge in [-0.1, -0.05) is 20.8 Å². The monoisotopic (exact) mass is 454 g/mol. The summed E-state index contributed by atoms with van der Waals surface area (Å²) in [5.41, 5.74) is 0.287. The Balaban J connectivity index is 1.43. The number of fused-ring (bicyclic) bond motifs is 1. The lowest BCUT2D eigenvalue weighted by atomic mass is 9.51. The highest BCUT2D eigenvalue weighted by atomic mass is 16.3. The van der Waals surface area contributed by atoms with Crippen molar-refractivity contribution in [2.45, 2.75) is 65.1 Å². The second-order valence-electron chi connectivity index (χ2n) is 10.0. The minimum absolute atomic E-state index is 0.00233. The van der Waals surface area contributed by atoms with Gasteiger partial charge in [0.05, 0.1) is 25.1 Å². The van der Waals surface area contributed by atoms with E-state index in [-0.39, 0.29) is 46.9 Å². The van der Waals surface area contributed by atoms with Crippen LogP contribution in [0, 0.1) is 29.1 Å². The first-order valence-corrected chi connectivity index (χ1v) is 11.8. The molecule has 8 nitrogen and oxygen atoms in total. The van der Waals surface area contributed by atoms with Crippen LogP contribution in [-0.2, 0) is 11.3 Å². The molecule has 2 heterocycles. The van der Waals surface area contributed by atoms with Crippen LogP contribution in [0.4, 0.5) is 0 Å². The fraction of sp³-hybridized carbons (Fsp3) is 0.600. The van der Waals surface area contributed by atoms with Gasteiger partial charge < -0.3 is 20.2 Å². The number of nitrogens with zero attached hydrogens (tertiary/aromatic N) is 2. The predicted molar refractivity (Wildman–Crippen MR) is 122 cm³/mol. The van der Waals surface area contributed by atoms with Gasteiger partial charge in [-0.3, -0.25) is 14.6 Å². The summed E-state index contributed by atoms with van der Waals surface area (Å²) < 4.78 is 5.30. The molecule has 2 saturated carbocycles. The van der Waals surface area contributed by atoms with E-state index >= 15 is 0 Å². The van der Waals surface area contributed by atoms with Crippen molar-refractivity contribution in [1.82, 2.24) is 20.6 Å². The molecule has 8 heteroatoms. The van der Waals surface area contributed by atoms with Gasteiger partial charge in [-0.2, -0.15) is 0 Å². The fourth-order valence-electron chi connectivity index (χ4n) is 6.10. The number of furan rings is 1. The average molecular weight is 455 g/mol. The fourth-order valence-corrected chi connectivity index (χ4v) is 6.10. The molecule has 0 aromatic carbocycles. The summed E-state index contributed by atoms with van der Waals surface area (Å²) in [6.07, 6.45) is 9.03. The number of aliphatic hydroxyl groups excluding tert-OH is 1. The molecule has 2 aromatic rings. The van der Waals surface area contributed by atoms with Crippen molar-refractivity contribution in [1.29, 1.82) is 0 Å². The molecule has 3 N–H and O–H groups in total. The first-order valence-electron chi connectivity index (χ1n) is 11.8. The van der Waals surface area contributed by atoms with E-state index in [1.54, 1.807) is 12.3 Å². The molecule has 2 amide bonds. The van der Waals surface area contributed by atoms with Gasteiger partial charge in [-0.25, -0.2) is 4.98 Å². The third-order valence-corrected chi connectivity index (χ3v) is 8.07. The van der Waals surface area contributed by atoms with E-state index in [0.29, 0.717) is 18.0 Å². The van der Waals surface area contributed by atoms with E-state index in [9.17, 15) is 14.7 Å². The lowest BCUT2D eigenvalue weighted by Gasteiger charge is -2.56. The number of carbonyl (C=O) groups excluding carboxylic acids is 2. The molecule has 0 saturated heterocycles. The summed E-state index contributed by atoms with van der Waals surface area (Å²) in [6.45, 7) is 6.59. The second-order valence-corrected chi connectivity index (χ2v) is 10.0. The van der Waals surface area contributed by atoms with Crippen molar-refractivity contribution in [3.05, 3.63) is 48.4 Å². The van der Waals surface area contributed by atoms with Crippen LogP contribution in [0.1, 0.15) is 62.7 Å². The third-order valence-electron chi connectivity index (χ3n) is 8.07. The molecule has 0 unspecified atom stereocenters. The number of carbonyl (C=O) groups is 2. The molecule has 2 aliphatic carbocycles. The largest absolute Gasteiger partial charge is 0.467 e. The Hall–Kier alpha value is -2.74. The predicted octanol–water partition coefficient (Wildman–Crippen LogP) is 2.94. The van der Waals surface area contributed by atoms with Crippen molar-refractivity contribution < 1.29 is 19.1 Å². The van der Waals surface area contributed by atoms with E-state index in [2.05, 4.69) is 34.4 Å². The number of amides is 2. The number of aliphatic hydroxyl groups is 1. The van der Waals surface area contributed by atoms with Crippen LogP contribution in [0.2, 0.25) is 0 Å². The highest BCUT2D eigenvalue weighted by molar-refractivity contribution is 5.92. The summed E-state index contributed by atoms with van der Waals surface area (Å²) in [4.78, 5) is 33.6. The van der Waals surface area contributed by atoms with E-state index in [0.717, 1.165) is 25.7 Å². The Labute approximate surface area is 194 Å². The molecule has 4 rings (SSSR count). The molecule has 0 spiro atoms. The molecule has 0 radical (unpaired) electrons. The standard InChI is InChI=1S/C25H34N4O4/c1-15(23(31)28-13-17-5-4-12-33-17)18-6-8-25(3)9-7-19(16(2)21(25)22(18)30)29-24(32)20-14-26-10-11-27-20/h4-5,10-12,14-16,18-19,21-22,30H,6-9,13H2,1-3H3,(H,28,31)(H,29,32)/t15-,16-,18-,19-,21+,22-,25+/m0/s1. The highest BCUT2D eigenvalue weighted by Gasteiger charge is 2.53. The van der Waals surface area contributed by atoms with E-state index in [4.69, 9.17) is 4.42 Å². The topological polar surface area (TPSA) is 117 Å². The Kier molecular flexibility index (Phi) is 6.83.